The molecule has 0 saturated heterocycles. The van der Waals surface area contributed by atoms with Crippen LogP contribution in [0, 0.1) is 0 Å². The van der Waals surface area contributed by atoms with Crippen molar-refractivity contribution in [2.75, 3.05) is 27.8 Å². The van der Waals surface area contributed by atoms with Gasteiger partial charge in [0.2, 0.25) is 0 Å². The van der Waals surface area contributed by atoms with E-state index in [2.05, 4.69) is 5.32 Å². The van der Waals surface area contributed by atoms with E-state index in [1.807, 2.05) is 12.1 Å². The summed E-state index contributed by atoms with van der Waals surface area (Å²) in [6.07, 6.45) is 0.836. The van der Waals surface area contributed by atoms with Gasteiger partial charge in [-0.3, -0.25) is 0 Å². The Kier molecular flexibility index (Phi) is 3.60. The summed E-state index contributed by atoms with van der Waals surface area (Å²) in [6, 6.07) is 3.90. The molecule has 5 heteroatoms. The van der Waals surface area contributed by atoms with Crippen LogP contribution < -0.4 is 14.8 Å². The van der Waals surface area contributed by atoms with E-state index in [4.69, 9.17) is 9.47 Å². The molecule has 1 aromatic rings. The molecule has 1 heterocycles. The molecule has 0 aliphatic carbocycles. The van der Waals surface area contributed by atoms with Crippen LogP contribution in [-0.2, 0) is 13.0 Å². The number of nitrogens with one attached hydrogen (secondary N) is 1. The summed E-state index contributed by atoms with van der Waals surface area (Å²) in [5.74, 6) is 1.44. The molecule has 0 bridgehead atoms. The summed E-state index contributed by atoms with van der Waals surface area (Å²) in [5.41, 5.74) is 2.33. The average Bonchev–Trinajstić information content (AvgIpc) is 2.44. The standard InChI is InChI=1S/C13H18N2O3/c1-14-13(16)15-5-4-9-6-11(17-2)12(18-3)7-10(9)8-15/h6-7H,4-5,8H2,1-3H3,(H,14,16). The number of nitrogens with zero attached hydrogens (tertiary/aromatic N) is 1. The van der Waals surface area contributed by atoms with Gasteiger partial charge in [-0.15, -0.1) is 0 Å². The van der Waals surface area contributed by atoms with Gasteiger partial charge in [0.1, 0.15) is 0 Å². The summed E-state index contributed by atoms with van der Waals surface area (Å²) in [4.78, 5) is 13.4. The summed E-state index contributed by atoms with van der Waals surface area (Å²) in [7, 11) is 4.89. The maximum Gasteiger partial charge on any atom is 0.317 e. The van der Waals surface area contributed by atoms with Crippen molar-refractivity contribution in [3.63, 3.8) is 0 Å². The van der Waals surface area contributed by atoms with Gasteiger partial charge in [0.25, 0.3) is 0 Å². The van der Waals surface area contributed by atoms with E-state index < -0.39 is 0 Å². The molecule has 1 aromatic carbocycles. The fourth-order valence-electron chi connectivity index (χ4n) is 2.21. The maximum absolute atomic E-state index is 11.6. The largest absolute Gasteiger partial charge is 0.493 e. The van der Waals surface area contributed by atoms with Crippen molar-refractivity contribution in [3.8, 4) is 11.5 Å². The van der Waals surface area contributed by atoms with Crippen molar-refractivity contribution in [1.29, 1.82) is 0 Å². The Hall–Kier alpha value is -1.91. The van der Waals surface area contributed by atoms with Crippen LogP contribution in [0.25, 0.3) is 0 Å². The minimum atomic E-state index is -0.0459. The molecule has 2 amide bonds. The molecule has 5 nitrogen and oxygen atoms in total. The molecular weight excluding hydrogens is 232 g/mol. The Morgan fingerprint density at radius 3 is 2.39 bits per heavy atom. The highest BCUT2D eigenvalue weighted by Crippen LogP contribution is 2.33. The second kappa shape index (κ2) is 5.16. The lowest BCUT2D eigenvalue weighted by atomic mass is 9.99. The number of rotatable bonds is 2. The Morgan fingerprint density at radius 1 is 1.22 bits per heavy atom. The smallest absolute Gasteiger partial charge is 0.317 e. The van der Waals surface area contributed by atoms with E-state index in [1.54, 1.807) is 26.2 Å². The summed E-state index contributed by atoms with van der Waals surface area (Å²) in [6.45, 7) is 1.33. The van der Waals surface area contributed by atoms with Crippen LogP contribution in [0.15, 0.2) is 12.1 Å². The molecule has 98 valence electrons. The first kappa shape index (κ1) is 12.5. The third-order valence-electron chi connectivity index (χ3n) is 3.22. The van der Waals surface area contributed by atoms with Gasteiger partial charge in [-0.1, -0.05) is 0 Å². The number of benzene rings is 1. The number of hydrogen-bond donors (Lipinski definition) is 1. The SMILES string of the molecule is CNC(=O)N1CCc2cc(OC)c(OC)cc2C1. The minimum absolute atomic E-state index is 0.0459. The van der Waals surface area contributed by atoms with Crippen molar-refractivity contribution in [3.05, 3.63) is 23.3 Å². The number of amides is 2. The Morgan fingerprint density at radius 2 is 1.83 bits per heavy atom. The van der Waals surface area contributed by atoms with Crippen LogP contribution in [0.4, 0.5) is 4.79 Å². The number of fused-ring (bicyclic) bond motifs is 1. The maximum atomic E-state index is 11.6. The molecule has 18 heavy (non-hydrogen) atoms. The van der Waals surface area contributed by atoms with Crippen LogP contribution in [0.1, 0.15) is 11.1 Å². The van der Waals surface area contributed by atoms with E-state index in [9.17, 15) is 4.79 Å². The van der Waals surface area contributed by atoms with Gasteiger partial charge < -0.3 is 19.7 Å². The molecule has 0 saturated carbocycles. The van der Waals surface area contributed by atoms with Crippen molar-refractivity contribution in [2.24, 2.45) is 0 Å². The second-order valence-electron chi connectivity index (χ2n) is 4.20. The minimum Gasteiger partial charge on any atom is -0.493 e. The van der Waals surface area contributed by atoms with Crippen molar-refractivity contribution in [1.82, 2.24) is 10.2 Å². The Bertz CT molecular complexity index is 460. The van der Waals surface area contributed by atoms with E-state index in [0.717, 1.165) is 24.3 Å². The Labute approximate surface area is 107 Å². The zero-order valence-corrected chi connectivity index (χ0v) is 10.9. The van der Waals surface area contributed by atoms with Crippen molar-refractivity contribution < 1.29 is 14.3 Å². The van der Waals surface area contributed by atoms with Crippen LogP contribution in [0.5, 0.6) is 11.5 Å². The quantitative estimate of drug-likeness (QED) is 0.863. The van der Waals surface area contributed by atoms with Gasteiger partial charge in [-0.25, -0.2) is 4.79 Å². The number of methoxy groups -OCH3 is 2. The van der Waals surface area contributed by atoms with E-state index in [0.29, 0.717) is 12.3 Å². The number of urea groups is 1. The van der Waals surface area contributed by atoms with Crippen molar-refractivity contribution >= 4 is 6.03 Å². The predicted octanol–water partition coefficient (Wildman–Crippen LogP) is 1.40. The van der Waals surface area contributed by atoms with Crippen molar-refractivity contribution in [2.45, 2.75) is 13.0 Å². The molecule has 0 atom stereocenters. The number of ether oxygens (including phenoxy) is 2. The van der Waals surface area contributed by atoms with Crippen LogP contribution in [-0.4, -0.2) is 38.7 Å². The molecule has 0 fully saturated rings. The first-order valence-electron chi connectivity index (χ1n) is 5.90. The summed E-state index contributed by atoms with van der Waals surface area (Å²) < 4.78 is 10.6. The second-order valence-corrected chi connectivity index (χ2v) is 4.20. The molecule has 1 aliphatic heterocycles. The molecular formula is C13H18N2O3. The molecule has 2 rings (SSSR count). The third kappa shape index (κ3) is 2.20. The van der Waals surface area contributed by atoms with Gasteiger partial charge in [-0.05, 0) is 29.7 Å². The lowest BCUT2D eigenvalue weighted by Crippen LogP contribution is -2.41. The van der Waals surface area contributed by atoms with E-state index >= 15 is 0 Å². The molecule has 0 radical (unpaired) electrons. The van der Waals surface area contributed by atoms with E-state index in [-0.39, 0.29) is 6.03 Å². The Balaban J connectivity index is 2.29. The lowest BCUT2D eigenvalue weighted by Gasteiger charge is -2.29. The van der Waals surface area contributed by atoms with Gasteiger partial charge >= 0.3 is 6.03 Å². The average molecular weight is 250 g/mol. The molecule has 1 N–H and O–H groups in total. The van der Waals surface area contributed by atoms with Gasteiger partial charge in [0, 0.05) is 20.1 Å². The monoisotopic (exact) mass is 250 g/mol. The highest BCUT2D eigenvalue weighted by Gasteiger charge is 2.21. The first-order chi connectivity index (χ1) is 8.69. The summed E-state index contributed by atoms with van der Waals surface area (Å²) in [5, 5.41) is 2.65. The van der Waals surface area contributed by atoms with E-state index in [1.165, 1.54) is 5.56 Å². The van der Waals surface area contributed by atoms with Gasteiger partial charge in [0.15, 0.2) is 11.5 Å². The third-order valence-corrected chi connectivity index (χ3v) is 3.22. The fourth-order valence-corrected chi connectivity index (χ4v) is 2.21. The zero-order chi connectivity index (χ0) is 13.1. The van der Waals surface area contributed by atoms with Crippen LogP contribution in [0.2, 0.25) is 0 Å². The highest BCUT2D eigenvalue weighted by atomic mass is 16.5. The molecule has 1 aliphatic rings. The fraction of sp³-hybridized carbons (Fsp3) is 0.462. The highest BCUT2D eigenvalue weighted by molar-refractivity contribution is 5.74. The molecule has 0 unspecified atom stereocenters. The normalized spacial score (nSPS) is 13.8. The lowest BCUT2D eigenvalue weighted by molar-refractivity contribution is 0.194. The number of carbonyl (C=O) groups excluding carboxylic acids is 1. The zero-order valence-electron chi connectivity index (χ0n) is 10.9. The van der Waals surface area contributed by atoms with Crippen LogP contribution >= 0.6 is 0 Å². The number of carbonyl (C=O) groups is 1. The predicted molar refractivity (Wildman–Crippen MR) is 68.1 cm³/mol. The first-order valence-corrected chi connectivity index (χ1v) is 5.90. The topological polar surface area (TPSA) is 50.8 Å². The molecule has 0 aromatic heterocycles. The van der Waals surface area contributed by atoms with Gasteiger partial charge in [0.05, 0.1) is 14.2 Å². The van der Waals surface area contributed by atoms with Crippen LogP contribution in [0.3, 0.4) is 0 Å². The molecule has 0 spiro atoms. The number of hydrogen-bond acceptors (Lipinski definition) is 3. The van der Waals surface area contributed by atoms with Gasteiger partial charge in [-0.2, -0.15) is 0 Å². The summed E-state index contributed by atoms with van der Waals surface area (Å²) >= 11 is 0.